The zero-order valence-electron chi connectivity index (χ0n) is 19.2. The highest BCUT2D eigenvalue weighted by atomic mass is 16.2. The average molecular weight is 458 g/mol. The molecule has 1 saturated heterocycles. The van der Waals surface area contributed by atoms with Crippen LogP contribution in [0.4, 0.5) is 5.82 Å². The SMILES string of the molecule is Cc1cccc(C(=O)N2CCC(NC(=O)c3nccnc3NC(=O)c3ccccc3C)CC2)c1. The van der Waals surface area contributed by atoms with E-state index in [1.165, 1.54) is 12.4 Å². The number of nitrogens with one attached hydrogen (secondary N) is 2. The van der Waals surface area contributed by atoms with Crippen LogP contribution < -0.4 is 10.6 Å². The minimum absolute atomic E-state index is 0.00334. The minimum Gasteiger partial charge on any atom is -0.348 e. The van der Waals surface area contributed by atoms with Gasteiger partial charge in [-0.15, -0.1) is 0 Å². The lowest BCUT2D eigenvalue weighted by atomic mass is 10.0. The Morgan fingerprint density at radius 2 is 1.65 bits per heavy atom. The summed E-state index contributed by atoms with van der Waals surface area (Å²) < 4.78 is 0. The number of hydrogen-bond donors (Lipinski definition) is 2. The molecule has 1 aromatic heterocycles. The third kappa shape index (κ3) is 5.28. The molecule has 1 aliphatic heterocycles. The van der Waals surface area contributed by atoms with Crippen LogP contribution in [0.3, 0.4) is 0 Å². The number of anilines is 1. The maximum Gasteiger partial charge on any atom is 0.273 e. The summed E-state index contributed by atoms with van der Waals surface area (Å²) in [5, 5.41) is 5.68. The van der Waals surface area contributed by atoms with Crippen molar-refractivity contribution >= 4 is 23.5 Å². The summed E-state index contributed by atoms with van der Waals surface area (Å²) in [6, 6.07) is 14.6. The Hall–Kier alpha value is -4.07. The van der Waals surface area contributed by atoms with Crippen molar-refractivity contribution in [2.45, 2.75) is 32.7 Å². The van der Waals surface area contributed by atoms with Crippen LogP contribution in [0.1, 0.15) is 55.2 Å². The monoisotopic (exact) mass is 457 g/mol. The van der Waals surface area contributed by atoms with E-state index in [4.69, 9.17) is 0 Å². The quantitative estimate of drug-likeness (QED) is 0.611. The predicted molar refractivity (Wildman–Crippen MR) is 129 cm³/mol. The van der Waals surface area contributed by atoms with E-state index < -0.39 is 5.91 Å². The molecule has 0 spiro atoms. The summed E-state index contributed by atoms with van der Waals surface area (Å²) in [4.78, 5) is 48.5. The summed E-state index contributed by atoms with van der Waals surface area (Å²) in [6.45, 7) is 4.90. The molecule has 2 N–H and O–H groups in total. The van der Waals surface area contributed by atoms with Gasteiger partial charge in [0.2, 0.25) is 0 Å². The topological polar surface area (TPSA) is 104 Å². The van der Waals surface area contributed by atoms with Crippen LogP contribution in [-0.2, 0) is 0 Å². The van der Waals surface area contributed by atoms with Crippen molar-refractivity contribution in [1.29, 1.82) is 0 Å². The van der Waals surface area contributed by atoms with E-state index in [9.17, 15) is 14.4 Å². The number of aryl methyl sites for hydroxylation is 2. The van der Waals surface area contributed by atoms with Crippen LogP contribution in [0.2, 0.25) is 0 Å². The van der Waals surface area contributed by atoms with Gasteiger partial charge in [0.25, 0.3) is 17.7 Å². The molecule has 0 aliphatic carbocycles. The lowest BCUT2D eigenvalue weighted by Gasteiger charge is -2.32. The molecule has 3 amide bonds. The van der Waals surface area contributed by atoms with Gasteiger partial charge in [-0.05, 0) is 50.5 Å². The smallest absolute Gasteiger partial charge is 0.273 e. The Morgan fingerprint density at radius 3 is 2.38 bits per heavy atom. The molecular formula is C26H27N5O3. The van der Waals surface area contributed by atoms with Crippen molar-refractivity contribution < 1.29 is 14.4 Å². The third-order valence-electron chi connectivity index (χ3n) is 5.92. The number of carbonyl (C=O) groups is 3. The van der Waals surface area contributed by atoms with Crippen LogP contribution in [-0.4, -0.2) is 51.7 Å². The number of nitrogens with zero attached hydrogens (tertiary/aromatic N) is 3. The van der Waals surface area contributed by atoms with E-state index >= 15 is 0 Å². The molecule has 174 valence electrons. The summed E-state index contributed by atoms with van der Waals surface area (Å²) in [5.41, 5.74) is 3.10. The lowest BCUT2D eigenvalue weighted by Crippen LogP contribution is -2.46. The van der Waals surface area contributed by atoms with Gasteiger partial charge in [-0.3, -0.25) is 14.4 Å². The second-order valence-corrected chi connectivity index (χ2v) is 8.43. The molecule has 4 rings (SSSR count). The second-order valence-electron chi connectivity index (χ2n) is 8.43. The first kappa shape index (κ1) is 23.1. The van der Waals surface area contributed by atoms with Gasteiger partial charge >= 0.3 is 0 Å². The van der Waals surface area contributed by atoms with E-state index in [0.717, 1.165) is 11.1 Å². The van der Waals surface area contributed by atoms with Gasteiger partial charge in [-0.1, -0.05) is 35.9 Å². The number of piperidine rings is 1. The summed E-state index contributed by atoms with van der Waals surface area (Å²) in [5.74, 6) is -0.642. The van der Waals surface area contributed by atoms with Gasteiger partial charge in [0.05, 0.1) is 0 Å². The van der Waals surface area contributed by atoms with E-state index in [0.29, 0.717) is 37.1 Å². The number of hydrogen-bond acceptors (Lipinski definition) is 5. The van der Waals surface area contributed by atoms with Crippen molar-refractivity contribution in [3.63, 3.8) is 0 Å². The summed E-state index contributed by atoms with van der Waals surface area (Å²) in [6.07, 6.45) is 4.12. The van der Waals surface area contributed by atoms with Crippen LogP contribution in [0, 0.1) is 13.8 Å². The molecule has 0 radical (unpaired) electrons. The van der Waals surface area contributed by atoms with Gasteiger partial charge in [0, 0.05) is 42.7 Å². The van der Waals surface area contributed by atoms with Crippen molar-refractivity contribution in [2.75, 3.05) is 18.4 Å². The number of carbonyl (C=O) groups excluding carboxylic acids is 3. The van der Waals surface area contributed by atoms with Gasteiger partial charge < -0.3 is 15.5 Å². The fourth-order valence-electron chi connectivity index (χ4n) is 4.04. The second kappa shape index (κ2) is 10.2. The molecule has 0 bridgehead atoms. The van der Waals surface area contributed by atoms with Crippen molar-refractivity contribution in [1.82, 2.24) is 20.2 Å². The Morgan fingerprint density at radius 1 is 0.912 bits per heavy atom. The first-order valence-electron chi connectivity index (χ1n) is 11.3. The van der Waals surface area contributed by atoms with Crippen LogP contribution in [0.5, 0.6) is 0 Å². The van der Waals surface area contributed by atoms with Crippen molar-refractivity contribution in [3.05, 3.63) is 88.9 Å². The molecule has 2 aromatic carbocycles. The molecular weight excluding hydrogens is 430 g/mol. The first-order valence-corrected chi connectivity index (χ1v) is 11.3. The first-order chi connectivity index (χ1) is 16.4. The largest absolute Gasteiger partial charge is 0.348 e. The Kier molecular flexibility index (Phi) is 6.96. The molecule has 1 fully saturated rings. The number of rotatable bonds is 5. The molecule has 2 heterocycles. The molecule has 8 nitrogen and oxygen atoms in total. The minimum atomic E-state index is -0.406. The van der Waals surface area contributed by atoms with Gasteiger partial charge in [-0.2, -0.15) is 0 Å². The fraction of sp³-hybridized carbons (Fsp3) is 0.269. The molecule has 34 heavy (non-hydrogen) atoms. The molecule has 0 saturated carbocycles. The van der Waals surface area contributed by atoms with E-state index in [2.05, 4.69) is 20.6 Å². The number of aromatic nitrogens is 2. The highest BCUT2D eigenvalue weighted by Crippen LogP contribution is 2.17. The van der Waals surface area contributed by atoms with E-state index in [1.54, 1.807) is 12.1 Å². The van der Waals surface area contributed by atoms with Crippen molar-refractivity contribution in [3.8, 4) is 0 Å². The van der Waals surface area contributed by atoms with Gasteiger partial charge in [0.1, 0.15) is 0 Å². The Bertz CT molecular complexity index is 1220. The van der Waals surface area contributed by atoms with Crippen molar-refractivity contribution in [2.24, 2.45) is 0 Å². The summed E-state index contributed by atoms with van der Waals surface area (Å²) in [7, 11) is 0. The highest BCUT2D eigenvalue weighted by Gasteiger charge is 2.26. The zero-order chi connectivity index (χ0) is 24.1. The molecule has 3 aromatic rings. The van der Waals surface area contributed by atoms with Gasteiger partial charge in [-0.25, -0.2) is 9.97 Å². The normalized spacial score (nSPS) is 13.9. The van der Waals surface area contributed by atoms with E-state index in [1.807, 2.05) is 55.1 Å². The number of benzene rings is 2. The number of likely N-dealkylation sites (tertiary alicyclic amines) is 1. The molecule has 8 heteroatoms. The molecule has 1 aliphatic rings. The third-order valence-corrected chi connectivity index (χ3v) is 5.92. The summed E-state index contributed by atoms with van der Waals surface area (Å²) >= 11 is 0. The maximum atomic E-state index is 12.9. The maximum absolute atomic E-state index is 12.9. The zero-order valence-corrected chi connectivity index (χ0v) is 19.2. The average Bonchev–Trinajstić information content (AvgIpc) is 2.84. The standard InChI is InChI=1S/C26H27N5O3/c1-17-6-5-8-19(16-17)26(34)31-14-10-20(11-15-31)29-25(33)22-23(28-13-12-27-22)30-24(32)21-9-4-3-7-18(21)2/h3-9,12-13,16,20H,10-11,14-15H2,1-2H3,(H,29,33)(H,28,30,32). The van der Waals surface area contributed by atoms with Crippen LogP contribution >= 0.6 is 0 Å². The van der Waals surface area contributed by atoms with Gasteiger partial charge in [0.15, 0.2) is 11.5 Å². The molecule has 0 unspecified atom stereocenters. The lowest BCUT2D eigenvalue weighted by molar-refractivity contribution is 0.0697. The fourth-order valence-corrected chi connectivity index (χ4v) is 4.04. The highest BCUT2D eigenvalue weighted by molar-refractivity contribution is 6.08. The number of amides is 3. The Balaban J connectivity index is 1.37. The Labute approximate surface area is 198 Å². The molecule has 0 atom stereocenters. The van der Waals surface area contributed by atoms with E-state index in [-0.39, 0.29) is 29.4 Å². The van der Waals surface area contributed by atoms with Crippen LogP contribution in [0.15, 0.2) is 60.9 Å². The predicted octanol–water partition coefficient (Wildman–Crippen LogP) is 3.38. The van der Waals surface area contributed by atoms with Crippen LogP contribution in [0.25, 0.3) is 0 Å².